The van der Waals surface area contributed by atoms with Gasteiger partial charge >= 0.3 is 0 Å². The first-order chi connectivity index (χ1) is 36.0. The van der Waals surface area contributed by atoms with Crippen LogP contribution in [-0.2, 0) is 27.1 Å². The summed E-state index contributed by atoms with van der Waals surface area (Å²) in [5, 5.41) is 2.65. The lowest BCUT2D eigenvalue weighted by Crippen LogP contribution is -2.62. The predicted octanol–water partition coefficient (Wildman–Crippen LogP) is 18.5. The third-order valence-electron chi connectivity index (χ3n) is 18.7. The molecule has 13 rings (SSSR count). The van der Waals surface area contributed by atoms with Gasteiger partial charge in [0.2, 0.25) is 0 Å². The normalized spacial score (nSPS) is 17.5. The molecule has 0 fully saturated rings. The number of anilines is 9. The van der Waals surface area contributed by atoms with Crippen LogP contribution in [0.3, 0.4) is 0 Å². The number of fused-ring (bicyclic) bond motifs is 9. The molecule has 1 aromatic heterocycles. The molecule has 5 heteroatoms. The highest BCUT2D eigenvalue weighted by molar-refractivity contribution is 7.26. The summed E-state index contributed by atoms with van der Waals surface area (Å²) in [6.45, 7) is 33.8. The van der Waals surface area contributed by atoms with Gasteiger partial charge < -0.3 is 14.7 Å². The van der Waals surface area contributed by atoms with Crippen molar-refractivity contribution in [2.24, 2.45) is 0 Å². The van der Waals surface area contributed by atoms with E-state index in [1.54, 1.807) is 0 Å². The summed E-state index contributed by atoms with van der Waals surface area (Å²) in [5.41, 5.74) is 26.4. The highest BCUT2D eigenvalue weighted by Crippen LogP contribution is 2.54. The van der Waals surface area contributed by atoms with Crippen molar-refractivity contribution in [3.05, 3.63) is 190 Å². The molecule has 0 spiro atoms. The Labute approximate surface area is 457 Å². The molecule has 0 unspecified atom stereocenters. The van der Waals surface area contributed by atoms with Gasteiger partial charge in [-0.1, -0.05) is 143 Å². The van der Waals surface area contributed by atoms with Gasteiger partial charge in [-0.05, 0) is 213 Å². The number of hydrogen-bond donors (Lipinski definition) is 0. The molecule has 76 heavy (non-hydrogen) atoms. The first-order valence-electron chi connectivity index (χ1n) is 28.1. The lowest BCUT2D eigenvalue weighted by atomic mass is 9.33. The Kier molecular flexibility index (Phi) is 10.8. The summed E-state index contributed by atoms with van der Waals surface area (Å²) in [7, 11) is 0. The van der Waals surface area contributed by atoms with E-state index in [9.17, 15) is 0 Å². The van der Waals surface area contributed by atoms with Crippen LogP contribution in [0.4, 0.5) is 51.2 Å². The van der Waals surface area contributed by atoms with Crippen molar-refractivity contribution in [2.45, 2.75) is 150 Å². The molecule has 0 bridgehead atoms. The maximum absolute atomic E-state index is 2.71. The van der Waals surface area contributed by atoms with E-state index >= 15 is 0 Å². The fraction of sp³-hybridized carbons (Fsp3) is 0.324. The minimum atomic E-state index is -0.110. The number of thiophene rings is 1. The van der Waals surface area contributed by atoms with Gasteiger partial charge in [0.15, 0.2) is 0 Å². The van der Waals surface area contributed by atoms with Crippen LogP contribution < -0.4 is 31.1 Å². The molecule has 0 saturated heterocycles. The highest BCUT2D eigenvalue weighted by atomic mass is 32.1. The van der Waals surface area contributed by atoms with Crippen molar-refractivity contribution in [1.29, 1.82) is 0 Å². The Balaban J connectivity index is 1.16. The van der Waals surface area contributed by atoms with Crippen molar-refractivity contribution in [3.63, 3.8) is 0 Å². The second-order valence-electron chi connectivity index (χ2n) is 27.0. The highest BCUT2D eigenvalue weighted by Gasteiger charge is 2.48. The summed E-state index contributed by atoms with van der Waals surface area (Å²) >= 11 is 1.94. The third kappa shape index (κ3) is 7.49. The maximum atomic E-state index is 2.71. The quantitative estimate of drug-likeness (QED) is 0.159. The van der Waals surface area contributed by atoms with Crippen LogP contribution in [0.2, 0.25) is 0 Å². The van der Waals surface area contributed by atoms with E-state index in [1.807, 2.05) is 11.3 Å². The van der Waals surface area contributed by atoms with Gasteiger partial charge in [-0.25, -0.2) is 0 Å². The Morgan fingerprint density at radius 3 is 1.76 bits per heavy atom. The van der Waals surface area contributed by atoms with Crippen molar-refractivity contribution >= 4 is 106 Å². The molecular weight excluding hydrogens is 938 g/mol. The summed E-state index contributed by atoms with van der Waals surface area (Å²) in [4.78, 5) is 7.88. The van der Waals surface area contributed by atoms with E-state index in [0.29, 0.717) is 0 Å². The zero-order chi connectivity index (χ0) is 53.2. The van der Waals surface area contributed by atoms with Gasteiger partial charge in [0.25, 0.3) is 6.71 Å². The minimum absolute atomic E-state index is 0.0185. The maximum Gasteiger partial charge on any atom is 0.252 e. The van der Waals surface area contributed by atoms with Crippen molar-refractivity contribution in [2.75, 3.05) is 14.7 Å². The van der Waals surface area contributed by atoms with Gasteiger partial charge in [0.1, 0.15) is 0 Å². The summed E-state index contributed by atoms with van der Waals surface area (Å²) in [6.07, 6.45) is 4.69. The molecule has 0 amide bonds. The second kappa shape index (κ2) is 16.7. The van der Waals surface area contributed by atoms with Crippen LogP contribution in [0.5, 0.6) is 0 Å². The van der Waals surface area contributed by atoms with E-state index in [-0.39, 0.29) is 33.8 Å². The van der Waals surface area contributed by atoms with Crippen molar-refractivity contribution in [1.82, 2.24) is 0 Å². The molecule has 8 aromatic carbocycles. The number of aryl methyl sites for hydroxylation is 3. The molecule has 9 aromatic rings. The Morgan fingerprint density at radius 1 is 0.474 bits per heavy atom. The van der Waals surface area contributed by atoms with Gasteiger partial charge in [-0.3, -0.25) is 0 Å². The van der Waals surface area contributed by atoms with E-state index in [4.69, 9.17) is 0 Å². The molecular formula is C71H74BN3S. The Morgan fingerprint density at radius 2 is 1.08 bits per heavy atom. The first-order valence-corrected chi connectivity index (χ1v) is 28.9. The molecule has 382 valence electrons. The molecule has 2 aliphatic carbocycles. The smallest absolute Gasteiger partial charge is 0.252 e. The number of nitrogens with zero attached hydrogens (tertiary/aromatic N) is 3. The average molecular weight is 1010 g/mol. The van der Waals surface area contributed by atoms with Crippen LogP contribution in [0, 0.1) is 20.8 Å². The van der Waals surface area contributed by atoms with Crippen LogP contribution >= 0.6 is 11.3 Å². The average Bonchev–Trinajstić information content (AvgIpc) is 3.83. The van der Waals surface area contributed by atoms with Crippen LogP contribution in [0.1, 0.15) is 146 Å². The predicted molar refractivity (Wildman–Crippen MR) is 332 cm³/mol. The topological polar surface area (TPSA) is 9.72 Å². The Bertz CT molecular complexity index is 3900. The fourth-order valence-electron chi connectivity index (χ4n) is 14.1. The van der Waals surface area contributed by atoms with E-state index in [2.05, 4.69) is 257 Å². The van der Waals surface area contributed by atoms with Crippen LogP contribution in [-0.4, -0.2) is 6.71 Å². The monoisotopic (exact) mass is 1010 g/mol. The second-order valence-corrected chi connectivity index (χ2v) is 28.0. The number of hydrogen-bond acceptors (Lipinski definition) is 4. The summed E-state index contributed by atoms with van der Waals surface area (Å²) in [6, 6.07) is 57.4. The number of benzene rings is 8. The van der Waals surface area contributed by atoms with Gasteiger partial charge in [-0.2, -0.15) is 0 Å². The molecule has 3 heterocycles. The number of rotatable bonds is 5. The van der Waals surface area contributed by atoms with E-state index < -0.39 is 0 Å². The summed E-state index contributed by atoms with van der Waals surface area (Å²) < 4.78 is 2.71. The van der Waals surface area contributed by atoms with Crippen LogP contribution in [0.25, 0.3) is 20.2 Å². The lowest BCUT2D eigenvalue weighted by Gasteiger charge is -2.48. The largest absolute Gasteiger partial charge is 0.311 e. The van der Waals surface area contributed by atoms with Gasteiger partial charge in [0, 0.05) is 71.4 Å². The van der Waals surface area contributed by atoms with Crippen LogP contribution in [0.15, 0.2) is 146 Å². The minimum Gasteiger partial charge on any atom is -0.311 e. The molecule has 0 radical (unpaired) electrons. The van der Waals surface area contributed by atoms with Gasteiger partial charge in [0.05, 0.1) is 0 Å². The van der Waals surface area contributed by atoms with E-state index in [1.165, 1.54) is 134 Å². The standard InChI is InChI=1S/C71H74BN3S/c1-43-20-19-22-46(34-43)73(59-24-17-15-21-45(59)3)48-27-29-57-60(40-48)75(49-37-51-50-23-16-18-25-64(50)76-66(51)56(39-49)67(4,5)6)63-36-44(2)35-62-65(63)72(57)58-41-54-55(71(13,14)33-32-70(54,11)12)42-61(58)74(62)47-26-28-52-53(38-47)69(9,10)31-30-68(52,7)8/h15-29,34-42H,30-33H2,1-14H3. The molecule has 0 atom stereocenters. The Hall–Kier alpha value is -6.56. The molecule has 3 nitrogen and oxygen atoms in total. The zero-order valence-electron chi connectivity index (χ0n) is 47.5. The van der Waals surface area contributed by atoms with Gasteiger partial charge in [-0.15, -0.1) is 11.3 Å². The molecule has 0 N–H and O–H groups in total. The number of para-hydroxylation sites is 1. The third-order valence-corrected chi connectivity index (χ3v) is 19.9. The molecule has 2 aliphatic heterocycles. The van der Waals surface area contributed by atoms with E-state index in [0.717, 1.165) is 24.2 Å². The fourth-order valence-corrected chi connectivity index (χ4v) is 15.5. The SMILES string of the molecule is Cc1cccc(N(c2ccc3c(c2)N(c2cc(C(C)(C)C)c4sc5ccccc5c4c2)c2cc(C)cc4c2B3c2cc3c(cc2N4c2ccc4c(c2)C(C)(C)CCC4(C)C)C(C)(C)CCC3(C)C)c2ccccc2C)c1. The van der Waals surface area contributed by atoms with Crippen molar-refractivity contribution in [3.8, 4) is 0 Å². The zero-order valence-corrected chi connectivity index (χ0v) is 48.3. The summed E-state index contributed by atoms with van der Waals surface area (Å²) in [5.74, 6) is 0. The molecule has 0 saturated carbocycles. The van der Waals surface area contributed by atoms with Crippen molar-refractivity contribution < 1.29 is 0 Å². The first kappa shape index (κ1) is 49.0. The lowest BCUT2D eigenvalue weighted by molar-refractivity contribution is 0.332. The molecule has 4 aliphatic rings.